The quantitative estimate of drug-likeness (QED) is 0.149. The first-order valence-corrected chi connectivity index (χ1v) is 31.8. The molecule has 0 amide bonds. The average molecular weight is 1250 g/mol. The van der Waals surface area contributed by atoms with E-state index in [4.69, 9.17) is 0 Å². The van der Waals surface area contributed by atoms with Crippen molar-refractivity contribution >= 4 is 116 Å². The Hall–Kier alpha value is -11.3. The molecule has 436 valence electrons. The molecule has 0 atom stereocenters. The number of halogens is 1. The monoisotopic (exact) mass is 1240 g/mol. The fourth-order valence-electron chi connectivity index (χ4n) is 13.9. The summed E-state index contributed by atoms with van der Waals surface area (Å²) in [7, 11) is -1.57. The number of hydrogen-bond donors (Lipinski definition) is 2. The molecule has 18 aromatic rings. The minimum absolute atomic E-state index is 0.479. The van der Waals surface area contributed by atoms with Gasteiger partial charge in [0.1, 0.15) is 0 Å². The molecular formula is C84H58BBrN4O2. The Morgan fingerprint density at radius 3 is 0.880 bits per heavy atom. The molecular weight excluding hydrogens is 1190 g/mol. The summed E-state index contributed by atoms with van der Waals surface area (Å²) in [5.41, 5.74) is 20.9. The van der Waals surface area contributed by atoms with Crippen molar-refractivity contribution in [1.29, 1.82) is 0 Å². The summed E-state index contributed by atoms with van der Waals surface area (Å²) < 4.78 is 10.5. The number of fused-ring (bicyclic) bond motifs is 12. The topological polar surface area (TPSA) is 60.2 Å². The highest BCUT2D eigenvalue weighted by Crippen LogP contribution is 2.45. The molecule has 0 spiro atoms. The van der Waals surface area contributed by atoms with Crippen molar-refractivity contribution in [3.8, 4) is 56.1 Å². The van der Waals surface area contributed by atoms with E-state index in [0.717, 1.165) is 48.8 Å². The standard InChI is InChI=1S/C42H28N2.C24H18BNO2.C18H12BrN/c1-2-15-29(16-3-1)30-22-14-23-36(42(30)44-40-27-12-6-19-33(40)34-20-7-13-28-41(34)44)35-21-8-11-26-39(35)43-37-24-9-4-17-31(37)32-18-5-10-25-38(32)43;27-25(28)21-14-8-13-18(17-9-2-1-3-10-17)24(21)26-22-15-6-4-11-19(22)20-12-5-7-16-23(20)26;19-15-9-3-6-12-18(15)20-16-10-4-1-7-13(16)14-8-2-5-11-17(14)20/h1-28H;1-16,27-28H;1-12H. The molecule has 0 saturated heterocycles. The van der Waals surface area contributed by atoms with Gasteiger partial charge >= 0.3 is 7.12 Å². The second kappa shape index (κ2) is 23.9. The van der Waals surface area contributed by atoms with Crippen LogP contribution in [0, 0.1) is 0 Å². The predicted octanol–water partition coefficient (Wildman–Crippen LogP) is 20.9. The van der Waals surface area contributed by atoms with Gasteiger partial charge in [-0.2, -0.15) is 0 Å². The number of rotatable bonds is 8. The van der Waals surface area contributed by atoms with Gasteiger partial charge in [0.2, 0.25) is 0 Å². The van der Waals surface area contributed by atoms with Crippen LogP contribution < -0.4 is 5.46 Å². The predicted molar refractivity (Wildman–Crippen MR) is 391 cm³/mol. The second-order valence-electron chi connectivity index (χ2n) is 23.0. The lowest BCUT2D eigenvalue weighted by Crippen LogP contribution is -2.33. The molecule has 14 aromatic carbocycles. The highest BCUT2D eigenvalue weighted by Gasteiger charge is 2.26. The Kier molecular flexibility index (Phi) is 14.6. The van der Waals surface area contributed by atoms with Gasteiger partial charge in [-0.15, -0.1) is 0 Å². The maximum absolute atomic E-state index is 10.2. The Labute approximate surface area is 540 Å². The van der Waals surface area contributed by atoms with Crippen molar-refractivity contribution < 1.29 is 10.0 Å². The molecule has 0 unspecified atom stereocenters. The molecule has 0 radical (unpaired) electrons. The van der Waals surface area contributed by atoms with Gasteiger partial charge in [0, 0.05) is 75.3 Å². The average Bonchev–Trinajstić information content (AvgIpc) is 1.67. The van der Waals surface area contributed by atoms with Crippen LogP contribution >= 0.6 is 15.9 Å². The van der Waals surface area contributed by atoms with Crippen LogP contribution in [0.5, 0.6) is 0 Å². The molecule has 2 N–H and O–H groups in total. The number of aromatic nitrogens is 4. The van der Waals surface area contributed by atoms with E-state index in [-0.39, 0.29) is 0 Å². The van der Waals surface area contributed by atoms with Crippen LogP contribution in [0.2, 0.25) is 0 Å². The van der Waals surface area contributed by atoms with E-state index < -0.39 is 7.12 Å². The molecule has 6 nitrogen and oxygen atoms in total. The summed E-state index contributed by atoms with van der Waals surface area (Å²) in [5, 5.41) is 30.2. The maximum Gasteiger partial charge on any atom is 0.490 e. The molecule has 8 heteroatoms. The smallest absolute Gasteiger partial charge is 0.423 e. The molecule has 92 heavy (non-hydrogen) atoms. The number of hydrogen-bond acceptors (Lipinski definition) is 2. The minimum Gasteiger partial charge on any atom is -0.423 e. The second-order valence-corrected chi connectivity index (χ2v) is 23.9. The molecule has 0 aliphatic rings. The molecule has 0 aliphatic carbocycles. The van der Waals surface area contributed by atoms with E-state index in [1.165, 1.54) is 99.0 Å². The third-order valence-electron chi connectivity index (χ3n) is 17.8. The first kappa shape index (κ1) is 56.0. The van der Waals surface area contributed by atoms with Gasteiger partial charge in [0.15, 0.2) is 0 Å². The zero-order valence-electron chi connectivity index (χ0n) is 50.0. The van der Waals surface area contributed by atoms with Crippen LogP contribution in [0.25, 0.3) is 143 Å². The van der Waals surface area contributed by atoms with E-state index in [2.05, 4.69) is 295 Å². The van der Waals surface area contributed by atoms with Crippen molar-refractivity contribution in [2.75, 3.05) is 0 Å². The molecule has 4 aromatic heterocycles. The lowest BCUT2D eigenvalue weighted by atomic mass is 9.77. The fourth-order valence-corrected chi connectivity index (χ4v) is 14.4. The van der Waals surface area contributed by atoms with Gasteiger partial charge in [-0.05, 0) is 93.8 Å². The third-order valence-corrected chi connectivity index (χ3v) is 18.5. The number of nitrogens with zero attached hydrogens (tertiary/aromatic N) is 4. The molecule has 0 bridgehead atoms. The molecule has 0 aliphatic heterocycles. The highest BCUT2D eigenvalue weighted by atomic mass is 79.9. The van der Waals surface area contributed by atoms with E-state index in [1.54, 1.807) is 6.07 Å². The van der Waals surface area contributed by atoms with E-state index >= 15 is 0 Å². The van der Waals surface area contributed by atoms with Crippen LogP contribution in [0.3, 0.4) is 0 Å². The van der Waals surface area contributed by atoms with Crippen molar-refractivity contribution in [2.24, 2.45) is 0 Å². The molecule has 18 rings (SSSR count). The number of benzene rings is 14. The van der Waals surface area contributed by atoms with Gasteiger partial charge in [-0.3, -0.25) is 0 Å². The van der Waals surface area contributed by atoms with E-state index in [1.807, 2.05) is 72.8 Å². The summed E-state index contributed by atoms with van der Waals surface area (Å²) in [6, 6.07) is 119. The van der Waals surface area contributed by atoms with E-state index in [0.29, 0.717) is 5.46 Å². The van der Waals surface area contributed by atoms with Crippen LogP contribution in [0.1, 0.15) is 0 Å². The van der Waals surface area contributed by atoms with Gasteiger partial charge in [0.25, 0.3) is 0 Å². The first-order chi connectivity index (χ1) is 45.5. The van der Waals surface area contributed by atoms with Crippen molar-refractivity contribution in [2.45, 2.75) is 0 Å². The molecule has 0 fully saturated rings. The lowest BCUT2D eigenvalue weighted by Gasteiger charge is -2.21. The fraction of sp³-hybridized carbons (Fsp3) is 0. The maximum atomic E-state index is 10.2. The normalized spacial score (nSPS) is 11.4. The first-order valence-electron chi connectivity index (χ1n) is 31.0. The van der Waals surface area contributed by atoms with Crippen molar-refractivity contribution in [3.05, 3.63) is 344 Å². The highest BCUT2D eigenvalue weighted by molar-refractivity contribution is 9.10. The van der Waals surface area contributed by atoms with Crippen molar-refractivity contribution in [1.82, 2.24) is 18.3 Å². The Morgan fingerprint density at radius 2 is 0.489 bits per heavy atom. The Balaban J connectivity index is 0.000000120. The Morgan fingerprint density at radius 1 is 0.217 bits per heavy atom. The van der Waals surface area contributed by atoms with Gasteiger partial charge in [0.05, 0.1) is 66.9 Å². The van der Waals surface area contributed by atoms with Crippen LogP contribution in [-0.4, -0.2) is 35.4 Å². The van der Waals surface area contributed by atoms with Gasteiger partial charge in [-0.25, -0.2) is 0 Å². The summed E-state index contributed by atoms with van der Waals surface area (Å²) in [5.74, 6) is 0. The van der Waals surface area contributed by atoms with Gasteiger partial charge < -0.3 is 28.3 Å². The Bertz CT molecular complexity index is 5570. The molecule has 0 saturated carbocycles. The zero-order valence-corrected chi connectivity index (χ0v) is 51.6. The van der Waals surface area contributed by atoms with Crippen LogP contribution in [0.4, 0.5) is 0 Å². The van der Waals surface area contributed by atoms with E-state index in [9.17, 15) is 10.0 Å². The van der Waals surface area contributed by atoms with Gasteiger partial charge in [-0.1, -0.05) is 273 Å². The molecule has 4 heterocycles. The summed E-state index contributed by atoms with van der Waals surface area (Å²) in [4.78, 5) is 0. The number of para-hydroxylation sites is 12. The zero-order chi connectivity index (χ0) is 61.7. The van der Waals surface area contributed by atoms with Crippen LogP contribution in [-0.2, 0) is 0 Å². The minimum atomic E-state index is -1.57. The van der Waals surface area contributed by atoms with Crippen molar-refractivity contribution in [3.63, 3.8) is 0 Å². The summed E-state index contributed by atoms with van der Waals surface area (Å²) in [6.45, 7) is 0. The SMILES string of the molecule is Brc1ccccc1-n1c2ccccc2c2ccccc21.OB(O)c1cccc(-c2ccccc2)c1-n1c2ccccc2c2ccccc21.c1ccc(-c2cccc(-c3ccccc3-n3c4ccccc4c4ccccc43)c2-n2c3ccccc3c3ccccc32)cc1. The summed E-state index contributed by atoms with van der Waals surface area (Å²) in [6.07, 6.45) is 0. The summed E-state index contributed by atoms with van der Waals surface area (Å²) >= 11 is 3.67. The van der Waals surface area contributed by atoms with Crippen LogP contribution in [0.15, 0.2) is 344 Å². The largest absolute Gasteiger partial charge is 0.490 e. The third kappa shape index (κ3) is 9.59. The lowest BCUT2D eigenvalue weighted by molar-refractivity contribution is 0.425.